The number of aromatic nitrogens is 3. The van der Waals surface area contributed by atoms with Crippen molar-refractivity contribution in [2.24, 2.45) is 0 Å². The van der Waals surface area contributed by atoms with Crippen LogP contribution in [0.2, 0.25) is 5.02 Å². The van der Waals surface area contributed by atoms with Gasteiger partial charge in [0.15, 0.2) is 0 Å². The van der Waals surface area contributed by atoms with Crippen LogP contribution in [0.5, 0.6) is 0 Å². The lowest BCUT2D eigenvalue weighted by atomic mass is 10.2. The third kappa shape index (κ3) is 6.97. The van der Waals surface area contributed by atoms with Crippen LogP contribution in [0.1, 0.15) is 11.1 Å². The molecule has 0 spiro atoms. The molecule has 0 radical (unpaired) electrons. The molecule has 3 aromatic rings. The van der Waals surface area contributed by atoms with Crippen LogP contribution in [-0.4, -0.2) is 36.5 Å². The molecule has 29 heavy (non-hydrogen) atoms. The number of hydrogen-bond donors (Lipinski definition) is 3. The second kappa shape index (κ2) is 9.64. The van der Waals surface area contributed by atoms with E-state index in [9.17, 15) is 8.42 Å². The van der Waals surface area contributed by atoms with Crippen LogP contribution in [0.3, 0.4) is 0 Å². The number of nitrogens with zero attached hydrogens (tertiary/aromatic N) is 3. The molecule has 2 aromatic heterocycles. The van der Waals surface area contributed by atoms with Gasteiger partial charge in [0, 0.05) is 30.4 Å². The van der Waals surface area contributed by atoms with Crippen molar-refractivity contribution in [1.29, 1.82) is 0 Å². The van der Waals surface area contributed by atoms with Gasteiger partial charge in [0.2, 0.25) is 10.0 Å². The first-order valence-electron chi connectivity index (χ1n) is 8.87. The minimum absolute atomic E-state index is 0.126. The van der Waals surface area contributed by atoms with E-state index in [0.29, 0.717) is 34.6 Å². The number of aryl methyl sites for hydroxylation is 1. The summed E-state index contributed by atoms with van der Waals surface area (Å²) in [7, 11) is -3.46. The van der Waals surface area contributed by atoms with Crippen molar-refractivity contribution in [1.82, 2.24) is 19.7 Å². The molecule has 0 fully saturated rings. The van der Waals surface area contributed by atoms with Gasteiger partial charge in [0.25, 0.3) is 0 Å². The van der Waals surface area contributed by atoms with Crippen molar-refractivity contribution >= 4 is 39.1 Å². The molecule has 0 aliphatic carbocycles. The zero-order valence-corrected chi connectivity index (χ0v) is 17.3. The van der Waals surface area contributed by atoms with Gasteiger partial charge in [0.05, 0.1) is 5.75 Å². The third-order valence-electron chi connectivity index (χ3n) is 3.84. The van der Waals surface area contributed by atoms with Crippen molar-refractivity contribution in [3.8, 4) is 0 Å². The summed E-state index contributed by atoms with van der Waals surface area (Å²) < 4.78 is 26.9. The van der Waals surface area contributed by atoms with Crippen LogP contribution in [0.4, 0.5) is 17.5 Å². The Morgan fingerprint density at radius 3 is 2.55 bits per heavy atom. The zero-order chi connectivity index (χ0) is 20.7. The Labute approximate surface area is 174 Å². The second-order valence-electron chi connectivity index (χ2n) is 6.34. The molecular weight excluding hydrogens is 412 g/mol. The average Bonchev–Trinajstić information content (AvgIpc) is 2.65. The number of nitrogens with one attached hydrogen (secondary N) is 3. The molecule has 2 heterocycles. The van der Waals surface area contributed by atoms with Gasteiger partial charge in [-0.15, -0.1) is 0 Å². The summed E-state index contributed by atoms with van der Waals surface area (Å²) in [6, 6.07) is 12.3. The van der Waals surface area contributed by atoms with Gasteiger partial charge in [0.1, 0.15) is 23.8 Å². The number of halogens is 1. The molecule has 152 valence electrons. The molecule has 8 nitrogen and oxygen atoms in total. The van der Waals surface area contributed by atoms with Gasteiger partial charge < -0.3 is 10.6 Å². The van der Waals surface area contributed by atoms with Gasteiger partial charge in [-0.25, -0.2) is 28.1 Å². The first-order chi connectivity index (χ1) is 13.9. The van der Waals surface area contributed by atoms with Crippen LogP contribution in [0.25, 0.3) is 0 Å². The van der Waals surface area contributed by atoms with Gasteiger partial charge >= 0.3 is 0 Å². The topological polar surface area (TPSA) is 109 Å². The standard InChI is InChI=1S/C19H21ClN6O2S/c1-14-5-6-21-18(9-14)26-19-11-17(23-13-24-19)22-7-8-25-29(27,28)12-15-3-2-4-16(20)10-15/h2-6,9-11,13,25H,7-8,12H2,1H3,(H2,21,22,23,24,26). The lowest BCUT2D eigenvalue weighted by Gasteiger charge is -2.10. The summed E-state index contributed by atoms with van der Waals surface area (Å²) >= 11 is 5.89. The lowest BCUT2D eigenvalue weighted by Crippen LogP contribution is -2.30. The molecule has 0 aliphatic rings. The lowest BCUT2D eigenvalue weighted by molar-refractivity contribution is 0.582. The van der Waals surface area contributed by atoms with Crippen molar-refractivity contribution in [2.45, 2.75) is 12.7 Å². The van der Waals surface area contributed by atoms with Crippen molar-refractivity contribution in [2.75, 3.05) is 23.7 Å². The monoisotopic (exact) mass is 432 g/mol. The summed E-state index contributed by atoms with van der Waals surface area (Å²) in [6.07, 6.45) is 3.14. The molecule has 3 N–H and O–H groups in total. The Kier molecular flexibility index (Phi) is 6.97. The molecule has 0 bridgehead atoms. The van der Waals surface area contributed by atoms with E-state index in [2.05, 4.69) is 30.3 Å². The minimum Gasteiger partial charge on any atom is -0.369 e. The summed E-state index contributed by atoms with van der Waals surface area (Å²) in [5.74, 6) is 1.72. The third-order valence-corrected chi connectivity index (χ3v) is 5.43. The van der Waals surface area contributed by atoms with Crippen LogP contribution >= 0.6 is 11.6 Å². The Morgan fingerprint density at radius 2 is 1.76 bits per heavy atom. The fourth-order valence-corrected chi connectivity index (χ4v) is 3.90. The first kappa shape index (κ1) is 21.0. The average molecular weight is 433 g/mol. The minimum atomic E-state index is -3.46. The van der Waals surface area contributed by atoms with Gasteiger partial charge in [-0.2, -0.15) is 0 Å². The first-order valence-corrected chi connectivity index (χ1v) is 10.9. The molecule has 0 aliphatic heterocycles. The van der Waals surface area contributed by atoms with Crippen LogP contribution in [-0.2, 0) is 15.8 Å². The highest BCUT2D eigenvalue weighted by Crippen LogP contribution is 2.15. The SMILES string of the molecule is Cc1ccnc(Nc2cc(NCCNS(=O)(=O)Cc3cccc(Cl)c3)ncn2)c1. The Balaban J connectivity index is 1.49. The van der Waals surface area contributed by atoms with Gasteiger partial charge in [-0.3, -0.25) is 0 Å². The Morgan fingerprint density at radius 1 is 0.966 bits per heavy atom. The molecule has 0 amide bonds. The Hall–Kier alpha value is -2.75. The van der Waals surface area contributed by atoms with E-state index in [4.69, 9.17) is 11.6 Å². The number of pyridine rings is 1. The molecule has 0 saturated heterocycles. The van der Waals surface area contributed by atoms with E-state index < -0.39 is 10.0 Å². The van der Waals surface area contributed by atoms with Crippen molar-refractivity contribution in [3.63, 3.8) is 0 Å². The predicted molar refractivity (Wildman–Crippen MR) is 115 cm³/mol. The van der Waals surface area contributed by atoms with Gasteiger partial charge in [-0.1, -0.05) is 23.7 Å². The number of anilines is 3. The Bertz CT molecular complexity index is 1080. The molecule has 3 rings (SSSR count). The summed E-state index contributed by atoms with van der Waals surface area (Å²) in [4.78, 5) is 12.5. The second-order valence-corrected chi connectivity index (χ2v) is 8.59. The van der Waals surface area contributed by atoms with E-state index in [-0.39, 0.29) is 12.3 Å². The van der Waals surface area contributed by atoms with Crippen LogP contribution < -0.4 is 15.4 Å². The summed E-state index contributed by atoms with van der Waals surface area (Å²) in [5, 5.41) is 6.68. The highest BCUT2D eigenvalue weighted by atomic mass is 35.5. The molecule has 10 heteroatoms. The smallest absolute Gasteiger partial charge is 0.215 e. The summed E-state index contributed by atoms with van der Waals surface area (Å²) in [6.45, 7) is 2.57. The molecule has 0 atom stereocenters. The van der Waals surface area contributed by atoms with Crippen LogP contribution in [0.15, 0.2) is 55.0 Å². The number of benzene rings is 1. The maximum absolute atomic E-state index is 12.2. The van der Waals surface area contributed by atoms with Crippen molar-refractivity contribution < 1.29 is 8.42 Å². The van der Waals surface area contributed by atoms with E-state index in [1.54, 1.807) is 36.5 Å². The van der Waals surface area contributed by atoms with Crippen LogP contribution in [0, 0.1) is 6.92 Å². The molecular formula is C19H21ClN6O2S. The zero-order valence-electron chi connectivity index (χ0n) is 15.8. The molecule has 1 aromatic carbocycles. The number of rotatable bonds is 9. The number of sulfonamides is 1. The summed E-state index contributed by atoms with van der Waals surface area (Å²) in [5.41, 5.74) is 1.72. The van der Waals surface area contributed by atoms with E-state index >= 15 is 0 Å². The van der Waals surface area contributed by atoms with E-state index in [1.807, 2.05) is 19.1 Å². The molecule has 0 unspecified atom stereocenters. The fourth-order valence-electron chi connectivity index (χ4n) is 2.55. The largest absolute Gasteiger partial charge is 0.369 e. The molecule has 0 saturated carbocycles. The van der Waals surface area contributed by atoms with E-state index in [1.165, 1.54) is 6.33 Å². The fraction of sp³-hybridized carbons (Fsp3) is 0.211. The maximum Gasteiger partial charge on any atom is 0.215 e. The predicted octanol–water partition coefficient (Wildman–Crippen LogP) is 3.11. The van der Waals surface area contributed by atoms with E-state index in [0.717, 1.165) is 5.56 Å². The maximum atomic E-state index is 12.2. The highest BCUT2D eigenvalue weighted by Gasteiger charge is 2.11. The van der Waals surface area contributed by atoms with Gasteiger partial charge in [-0.05, 0) is 42.3 Å². The highest BCUT2D eigenvalue weighted by molar-refractivity contribution is 7.88. The van der Waals surface area contributed by atoms with Crippen molar-refractivity contribution in [3.05, 3.63) is 71.1 Å². The number of hydrogen-bond acceptors (Lipinski definition) is 7. The quantitative estimate of drug-likeness (QED) is 0.445. The normalized spacial score (nSPS) is 11.2.